The smallest absolute Gasteiger partial charge is 0.257 e. The second-order valence-corrected chi connectivity index (χ2v) is 5.25. The van der Waals surface area contributed by atoms with Crippen LogP contribution in [0.2, 0.25) is 0 Å². The van der Waals surface area contributed by atoms with Crippen LogP contribution in [-0.4, -0.2) is 36.6 Å². The lowest BCUT2D eigenvalue weighted by atomic mass is 10.1. The zero-order chi connectivity index (χ0) is 15.1. The molecule has 0 aromatic heterocycles. The average Bonchev–Trinajstić information content (AvgIpc) is 3.04. The molecular weight excluding hydrogens is 277 g/mol. The van der Waals surface area contributed by atoms with E-state index in [1.165, 1.54) is 6.07 Å². The number of fused-ring (bicyclic) bond motifs is 1. The highest BCUT2D eigenvalue weighted by Crippen LogP contribution is 2.38. The van der Waals surface area contributed by atoms with Gasteiger partial charge >= 0.3 is 0 Å². The molecule has 7 heteroatoms. The maximum Gasteiger partial charge on any atom is 0.257 e. The number of amides is 2. The fourth-order valence-electron chi connectivity index (χ4n) is 2.97. The quantitative estimate of drug-likeness (QED) is 0.743. The van der Waals surface area contributed by atoms with Crippen LogP contribution in [0.25, 0.3) is 0 Å². The molecule has 112 valence electrons. The summed E-state index contributed by atoms with van der Waals surface area (Å²) >= 11 is 0. The molecule has 2 aliphatic heterocycles. The van der Waals surface area contributed by atoms with Crippen molar-refractivity contribution in [1.29, 1.82) is 0 Å². The molecule has 1 aromatic rings. The largest absolute Gasteiger partial charge is 0.378 e. The van der Waals surface area contributed by atoms with E-state index < -0.39 is 23.9 Å². The van der Waals surface area contributed by atoms with Gasteiger partial charge < -0.3 is 20.6 Å². The Hall–Kier alpha value is -2.15. The molecule has 2 aliphatic rings. The Balaban J connectivity index is 1.98. The molecule has 0 spiro atoms. The molecule has 2 unspecified atom stereocenters. The van der Waals surface area contributed by atoms with Crippen molar-refractivity contribution in [2.24, 2.45) is 0 Å². The number of benzene rings is 1. The van der Waals surface area contributed by atoms with Crippen LogP contribution in [0.3, 0.4) is 0 Å². The van der Waals surface area contributed by atoms with Crippen molar-refractivity contribution in [2.45, 2.75) is 25.0 Å². The van der Waals surface area contributed by atoms with Gasteiger partial charge in [-0.15, -0.1) is 0 Å². The molecule has 6 nitrogen and oxygen atoms in total. The zero-order valence-electron chi connectivity index (χ0n) is 11.5. The lowest BCUT2D eigenvalue weighted by Gasteiger charge is -2.26. The molecule has 0 saturated carbocycles. The Morgan fingerprint density at radius 3 is 3.00 bits per heavy atom. The Kier molecular flexibility index (Phi) is 3.29. The minimum atomic E-state index is -1.34. The highest BCUT2D eigenvalue weighted by Gasteiger charge is 2.35. The van der Waals surface area contributed by atoms with E-state index in [0.29, 0.717) is 18.7 Å². The SMILES string of the molecule is CNC(=O)C1CCCN1c1cc2c(cc1F)C(O)C(=O)N2. The first-order valence-corrected chi connectivity index (χ1v) is 6.83. The van der Waals surface area contributed by atoms with Gasteiger partial charge in [-0.2, -0.15) is 0 Å². The average molecular weight is 293 g/mol. The summed E-state index contributed by atoms with van der Waals surface area (Å²) in [6.45, 7) is 0.574. The molecule has 1 aromatic carbocycles. The number of nitrogens with one attached hydrogen (secondary N) is 2. The zero-order valence-corrected chi connectivity index (χ0v) is 11.5. The third-order valence-electron chi connectivity index (χ3n) is 4.03. The van der Waals surface area contributed by atoms with Crippen LogP contribution in [0.15, 0.2) is 12.1 Å². The van der Waals surface area contributed by atoms with Gasteiger partial charge in [-0.05, 0) is 25.0 Å². The minimum absolute atomic E-state index is 0.156. The topological polar surface area (TPSA) is 81.7 Å². The molecule has 2 atom stereocenters. The lowest BCUT2D eigenvalue weighted by Crippen LogP contribution is -2.42. The molecular formula is C14H16FN3O3. The predicted octanol–water partition coefficient (Wildman–Crippen LogP) is 0.526. The fraction of sp³-hybridized carbons (Fsp3) is 0.429. The third kappa shape index (κ3) is 2.13. The molecule has 0 aliphatic carbocycles. The summed E-state index contributed by atoms with van der Waals surface area (Å²) in [6.07, 6.45) is 0.117. The number of likely N-dealkylation sites (N-methyl/N-ethyl adjacent to an activating group) is 1. The van der Waals surface area contributed by atoms with Crippen LogP contribution in [0.1, 0.15) is 24.5 Å². The summed E-state index contributed by atoms with van der Waals surface area (Å²) in [7, 11) is 1.55. The normalized spacial score (nSPS) is 24.0. The van der Waals surface area contributed by atoms with Gasteiger partial charge in [0.15, 0.2) is 6.10 Å². The number of halogens is 1. The van der Waals surface area contributed by atoms with Gasteiger partial charge in [-0.1, -0.05) is 0 Å². The minimum Gasteiger partial charge on any atom is -0.378 e. The maximum atomic E-state index is 14.3. The summed E-state index contributed by atoms with van der Waals surface area (Å²) in [4.78, 5) is 25.0. The van der Waals surface area contributed by atoms with Gasteiger partial charge in [-0.3, -0.25) is 9.59 Å². The number of aliphatic hydroxyl groups is 1. The molecule has 1 saturated heterocycles. The number of aliphatic hydroxyl groups excluding tert-OH is 1. The second-order valence-electron chi connectivity index (χ2n) is 5.25. The second kappa shape index (κ2) is 5.00. The Morgan fingerprint density at radius 1 is 1.52 bits per heavy atom. The first kappa shape index (κ1) is 13.8. The van der Waals surface area contributed by atoms with E-state index in [0.717, 1.165) is 12.5 Å². The van der Waals surface area contributed by atoms with E-state index in [1.807, 2.05) is 0 Å². The van der Waals surface area contributed by atoms with Crippen molar-refractivity contribution < 1.29 is 19.1 Å². The number of nitrogens with zero attached hydrogens (tertiary/aromatic N) is 1. The molecule has 0 radical (unpaired) electrons. The predicted molar refractivity (Wildman–Crippen MR) is 74.4 cm³/mol. The van der Waals surface area contributed by atoms with Crippen LogP contribution >= 0.6 is 0 Å². The highest BCUT2D eigenvalue weighted by atomic mass is 19.1. The lowest BCUT2D eigenvalue weighted by molar-refractivity contribution is -0.123. The summed E-state index contributed by atoms with van der Waals surface area (Å²) in [5, 5.41) is 14.7. The van der Waals surface area contributed by atoms with Gasteiger partial charge in [0.2, 0.25) is 5.91 Å². The van der Waals surface area contributed by atoms with Crippen LogP contribution in [0.5, 0.6) is 0 Å². The van der Waals surface area contributed by atoms with Crippen molar-refractivity contribution in [2.75, 3.05) is 23.8 Å². The molecule has 2 heterocycles. The molecule has 21 heavy (non-hydrogen) atoms. The van der Waals surface area contributed by atoms with E-state index in [9.17, 15) is 19.1 Å². The molecule has 1 fully saturated rings. The first-order chi connectivity index (χ1) is 10.0. The summed E-state index contributed by atoms with van der Waals surface area (Å²) in [5.41, 5.74) is 0.901. The van der Waals surface area contributed by atoms with Gasteiger partial charge in [-0.25, -0.2) is 4.39 Å². The molecule has 3 rings (SSSR count). The summed E-state index contributed by atoms with van der Waals surface area (Å²) in [5.74, 6) is -1.26. The third-order valence-corrected chi connectivity index (χ3v) is 4.03. The van der Waals surface area contributed by atoms with Crippen LogP contribution in [0, 0.1) is 5.82 Å². The van der Waals surface area contributed by atoms with Gasteiger partial charge in [0.1, 0.15) is 11.9 Å². The van der Waals surface area contributed by atoms with Gasteiger partial charge in [0.05, 0.1) is 5.69 Å². The summed E-state index contributed by atoms with van der Waals surface area (Å²) in [6, 6.07) is 2.23. The van der Waals surface area contributed by atoms with E-state index in [4.69, 9.17) is 0 Å². The Labute approximate surface area is 120 Å². The van der Waals surface area contributed by atoms with E-state index in [2.05, 4.69) is 10.6 Å². The van der Waals surface area contributed by atoms with E-state index in [1.54, 1.807) is 11.9 Å². The van der Waals surface area contributed by atoms with E-state index >= 15 is 0 Å². The van der Waals surface area contributed by atoms with E-state index in [-0.39, 0.29) is 17.2 Å². The monoisotopic (exact) mass is 293 g/mol. The van der Waals surface area contributed by atoms with Crippen molar-refractivity contribution in [3.05, 3.63) is 23.5 Å². The van der Waals surface area contributed by atoms with Crippen molar-refractivity contribution in [3.8, 4) is 0 Å². The summed E-state index contributed by atoms with van der Waals surface area (Å²) < 4.78 is 14.3. The Morgan fingerprint density at radius 2 is 2.29 bits per heavy atom. The van der Waals surface area contributed by atoms with Crippen LogP contribution < -0.4 is 15.5 Å². The van der Waals surface area contributed by atoms with Gasteiger partial charge in [0.25, 0.3) is 5.91 Å². The standard InChI is InChI=1S/C14H16FN3O3/c1-16-13(20)10-3-2-4-18(10)11-6-9-7(5-8(11)15)12(19)14(21)17-9/h5-6,10,12,19H,2-4H2,1H3,(H,16,20)(H,17,21). The molecule has 3 N–H and O–H groups in total. The maximum absolute atomic E-state index is 14.3. The number of rotatable bonds is 2. The molecule has 2 amide bonds. The number of hydrogen-bond acceptors (Lipinski definition) is 4. The van der Waals surface area contributed by atoms with Gasteiger partial charge in [0, 0.05) is 24.8 Å². The molecule has 0 bridgehead atoms. The van der Waals surface area contributed by atoms with Crippen molar-refractivity contribution >= 4 is 23.2 Å². The number of carbonyl (C=O) groups excluding carboxylic acids is 2. The highest BCUT2D eigenvalue weighted by molar-refractivity contribution is 6.02. The number of carbonyl (C=O) groups is 2. The van der Waals surface area contributed by atoms with Crippen LogP contribution in [0.4, 0.5) is 15.8 Å². The number of hydrogen-bond donors (Lipinski definition) is 3. The first-order valence-electron chi connectivity index (χ1n) is 6.83. The van der Waals surface area contributed by atoms with Crippen molar-refractivity contribution in [1.82, 2.24) is 5.32 Å². The Bertz CT molecular complexity index is 620. The number of anilines is 2. The fourth-order valence-corrected chi connectivity index (χ4v) is 2.97. The van der Waals surface area contributed by atoms with Crippen LogP contribution in [-0.2, 0) is 9.59 Å². The van der Waals surface area contributed by atoms with Crippen molar-refractivity contribution in [3.63, 3.8) is 0 Å².